The Balaban J connectivity index is 2.04. The zero-order valence-corrected chi connectivity index (χ0v) is 11.4. The Morgan fingerprint density at radius 3 is 2.78 bits per heavy atom. The Labute approximate surface area is 109 Å². The molecule has 0 atom stereocenters. The highest BCUT2D eigenvalue weighted by molar-refractivity contribution is 5.49. The van der Waals surface area contributed by atoms with Crippen LogP contribution in [0.3, 0.4) is 0 Å². The lowest BCUT2D eigenvalue weighted by molar-refractivity contribution is 0.573. The highest BCUT2D eigenvalue weighted by Crippen LogP contribution is 2.20. The van der Waals surface area contributed by atoms with Gasteiger partial charge in [-0.3, -0.25) is 0 Å². The minimum absolute atomic E-state index is 0.951. The molecule has 2 heterocycles. The summed E-state index contributed by atoms with van der Waals surface area (Å²) in [4.78, 5) is 13.3. The molecule has 0 aliphatic carbocycles. The summed E-state index contributed by atoms with van der Waals surface area (Å²) in [6.45, 7) is 4.15. The number of anilines is 2. The molecule has 100 valence electrons. The summed E-state index contributed by atoms with van der Waals surface area (Å²) in [5.41, 5.74) is 0. The lowest BCUT2D eigenvalue weighted by atomic mass is 10.1. The second kappa shape index (κ2) is 6.54. The molecule has 0 aromatic carbocycles. The van der Waals surface area contributed by atoms with Crippen molar-refractivity contribution in [3.8, 4) is 0 Å². The molecule has 1 aliphatic rings. The summed E-state index contributed by atoms with van der Waals surface area (Å²) in [5, 5.41) is 3.15. The van der Waals surface area contributed by atoms with E-state index in [0.717, 1.165) is 37.8 Å². The predicted molar refractivity (Wildman–Crippen MR) is 75.3 cm³/mol. The average Bonchev–Trinajstić information content (AvgIpc) is 2.46. The largest absolute Gasteiger partial charge is 0.358 e. The molecule has 1 saturated heterocycles. The van der Waals surface area contributed by atoms with E-state index < -0.39 is 0 Å². The van der Waals surface area contributed by atoms with Crippen LogP contribution in [0.5, 0.6) is 0 Å². The Morgan fingerprint density at radius 2 is 2.06 bits per heavy atom. The van der Waals surface area contributed by atoms with Gasteiger partial charge in [0, 0.05) is 39.3 Å². The first kappa shape index (κ1) is 13.1. The second-order valence-electron chi connectivity index (χ2n) is 4.81. The fourth-order valence-electron chi connectivity index (χ4n) is 2.24. The monoisotopic (exact) mass is 249 g/mol. The van der Waals surface area contributed by atoms with E-state index in [4.69, 9.17) is 0 Å². The zero-order chi connectivity index (χ0) is 12.8. The highest BCUT2D eigenvalue weighted by atomic mass is 15.2. The summed E-state index contributed by atoms with van der Waals surface area (Å²) in [5.74, 6) is 2.07. The van der Waals surface area contributed by atoms with Crippen molar-refractivity contribution in [2.24, 2.45) is 0 Å². The molecule has 5 heteroatoms. The molecule has 1 aromatic heterocycles. The van der Waals surface area contributed by atoms with Crippen LogP contribution in [0.2, 0.25) is 0 Å². The maximum Gasteiger partial charge on any atom is 0.134 e. The van der Waals surface area contributed by atoms with Gasteiger partial charge in [0.1, 0.15) is 18.0 Å². The van der Waals surface area contributed by atoms with Crippen molar-refractivity contribution in [3.05, 3.63) is 12.4 Å². The van der Waals surface area contributed by atoms with Crippen LogP contribution in [-0.2, 0) is 0 Å². The number of nitrogens with zero attached hydrogens (tertiary/aromatic N) is 4. The van der Waals surface area contributed by atoms with Crippen molar-refractivity contribution in [2.45, 2.75) is 19.3 Å². The van der Waals surface area contributed by atoms with Gasteiger partial charge in [0.2, 0.25) is 0 Å². The van der Waals surface area contributed by atoms with Crippen molar-refractivity contribution in [1.29, 1.82) is 0 Å². The maximum absolute atomic E-state index is 4.40. The van der Waals surface area contributed by atoms with Crippen LogP contribution >= 0.6 is 0 Å². The molecule has 5 nitrogen and oxygen atoms in total. The Morgan fingerprint density at radius 1 is 1.28 bits per heavy atom. The molecular weight excluding hydrogens is 226 g/mol. The first-order valence-electron chi connectivity index (χ1n) is 6.74. The van der Waals surface area contributed by atoms with Crippen molar-refractivity contribution in [1.82, 2.24) is 15.3 Å². The van der Waals surface area contributed by atoms with Crippen LogP contribution in [0.15, 0.2) is 12.4 Å². The van der Waals surface area contributed by atoms with Gasteiger partial charge in [-0.15, -0.1) is 0 Å². The van der Waals surface area contributed by atoms with E-state index in [1.807, 2.05) is 7.05 Å². The standard InChI is InChI=1S/C13H23N5/c1-14-6-9-17(2)12-10-13(16-11-15-12)18-7-4-3-5-8-18/h10-11,14H,3-9H2,1-2H3. The summed E-state index contributed by atoms with van der Waals surface area (Å²) in [6, 6.07) is 2.10. The molecule has 0 amide bonds. The van der Waals surface area contributed by atoms with Crippen LogP contribution in [0, 0.1) is 0 Å². The fraction of sp³-hybridized carbons (Fsp3) is 0.692. The van der Waals surface area contributed by atoms with Gasteiger partial charge in [0.15, 0.2) is 0 Å². The first-order valence-corrected chi connectivity index (χ1v) is 6.74. The van der Waals surface area contributed by atoms with Crippen molar-refractivity contribution >= 4 is 11.6 Å². The van der Waals surface area contributed by atoms with Crippen molar-refractivity contribution in [3.63, 3.8) is 0 Å². The quantitative estimate of drug-likeness (QED) is 0.847. The van der Waals surface area contributed by atoms with Crippen molar-refractivity contribution in [2.75, 3.05) is 50.1 Å². The smallest absolute Gasteiger partial charge is 0.134 e. The van der Waals surface area contributed by atoms with Gasteiger partial charge in [-0.1, -0.05) is 0 Å². The zero-order valence-electron chi connectivity index (χ0n) is 11.4. The summed E-state index contributed by atoms with van der Waals surface area (Å²) in [7, 11) is 4.03. The molecule has 0 bridgehead atoms. The van der Waals surface area contributed by atoms with Gasteiger partial charge >= 0.3 is 0 Å². The number of nitrogens with one attached hydrogen (secondary N) is 1. The predicted octanol–water partition coefficient (Wildman–Crippen LogP) is 1.12. The van der Waals surface area contributed by atoms with E-state index in [9.17, 15) is 0 Å². The molecule has 1 fully saturated rings. The molecule has 0 unspecified atom stereocenters. The van der Waals surface area contributed by atoms with Gasteiger partial charge in [0.25, 0.3) is 0 Å². The minimum atomic E-state index is 0.951. The molecule has 0 saturated carbocycles. The van der Waals surface area contributed by atoms with Crippen LogP contribution in [0.4, 0.5) is 11.6 Å². The molecule has 0 spiro atoms. The summed E-state index contributed by atoms with van der Waals surface area (Å²) in [6.07, 6.45) is 5.56. The van der Waals surface area contributed by atoms with E-state index in [2.05, 4.69) is 38.2 Å². The number of rotatable bonds is 5. The Hall–Kier alpha value is -1.36. The second-order valence-corrected chi connectivity index (χ2v) is 4.81. The van der Waals surface area contributed by atoms with E-state index in [1.54, 1.807) is 6.33 Å². The van der Waals surface area contributed by atoms with Crippen LogP contribution < -0.4 is 15.1 Å². The molecule has 1 aliphatic heterocycles. The molecule has 1 N–H and O–H groups in total. The van der Waals surface area contributed by atoms with Gasteiger partial charge in [-0.25, -0.2) is 9.97 Å². The van der Waals surface area contributed by atoms with E-state index >= 15 is 0 Å². The number of aromatic nitrogens is 2. The molecule has 18 heavy (non-hydrogen) atoms. The average molecular weight is 249 g/mol. The van der Waals surface area contributed by atoms with Gasteiger partial charge in [-0.05, 0) is 26.3 Å². The number of hydrogen-bond donors (Lipinski definition) is 1. The van der Waals surface area contributed by atoms with E-state index in [0.29, 0.717) is 0 Å². The molecule has 1 aromatic rings. The number of likely N-dealkylation sites (N-methyl/N-ethyl adjacent to an activating group) is 2. The Bertz CT molecular complexity index is 362. The fourth-order valence-corrected chi connectivity index (χ4v) is 2.24. The third-order valence-corrected chi connectivity index (χ3v) is 3.41. The summed E-state index contributed by atoms with van der Waals surface area (Å²) < 4.78 is 0. The number of hydrogen-bond acceptors (Lipinski definition) is 5. The minimum Gasteiger partial charge on any atom is -0.358 e. The van der Waals surface area contributed by atoms with Crippen LogP contribution in [0.25, 0.3) is 0 Å². The normalized spacial score (nSPS) is 15.8. The number of piperidine rings is 1. The SMILES string of the molecule is CNCCN(C)c1cc(N2CCCCC2)ncn1. The molecule has 0 radical (unpaired) electrons. The van der Waals surface area contributed by atoms with Crippen molar-refractivity contribution < 1.29 is 0 Å². The van der Waals surface area contributed by atoms with Gasteiger partial charge < -0.3 is 15.1 Å². The molecular formula is C13H23N5. The summed E-state index contributed by atoms with van der Waals surface area (Å²) >= 11 is 0. The van der Waals surface area contributed by atoms with Gasteiger partial charge in [0.05, 0.1) is 0 Å². The third kappa shape index (κ3) is 3.32. The van der Waals surface area contributed by atoms with E-state index in [1.165, 1.54) is 19.3 Å². The van der Waals surface area contributed by atoms with Crippen LogP contribution in [-0.4, -0.2) is 50.2 Å². The lowest BCUT2D eigenvalue weighted by Gasteiger charge is -2.28. The highest BCUT2D eigenvalue weighted by Gasteiger charge is 2.13. The lowest BCUT2D eigenvalue weighted by Crippen LogP contribution is -2.31. The molecule has 2 rings (SSSR count). The third-order valence-electron chi connectivity index (χ3n) is 3.41. The van der Waals surface area contributed by atoms with E-state index in [-0.39, 0.29) is 0 Å². The Kier molecular flexibility index (Phi) is 4.75. The first-order chi connectivity index (χ1) is 8.81. The topological polar surface area (TPSA) is 44.3 Å². The van der Waals surface area contributed by atoms with Gasteiger partial charge in [-0.2, -0.15) is 0 Å². The maximum atomic E-state index is 4.40. The van der Waals surface area contributed by atoms with Crippen LogP contribution in [0.1, 0.15) is 19.3 Å².